The van der Waals surface area contributed by atoms with Gasteiger partial charge in [0.25, 0.3) is 0 Å². The van der Waals surface area contributed by atoms with E-state index in [1.165, 1.54) is 0 Å². The lowest BCUT2D eigenvalue weighted by Gasteiger charge is -2.04. The van der Waals surface area contributed by atoms with Gasteiger partial charge in [-0.25, -0.2) is 0 Å². The Hall–Kier alpha value is -1.91. The SMILES string of the molecule is Clc1ccccc1CSc1ccc(-c2ccncc2)nn1. The van der Waals surface area contributed by atoms with Crippen molar-refractivity contribution in [1.29, 1.82) is 0 Å². The van der Waals surface area contributed by atoms with Crippen molar-refractivity contribution in [3.05, 3.63) is 71.5 Å². The van der Waals surface area contributed by atoms with E-state index in [9.17, 15) is 0 Å². The molecule has 104 valence electrons. The lowest BCUT2D eigenvalue weighted by molar-refractivity contribution is 0.935. The Morgan fingerprint density at radius 2 is 1.71 bits per heavy atom. The van der Waals surface area contributed by atoms with E-state index in [1.807, 2.05) is 48.5 Å². The summed E-state index contributed by atoms with van der Waals surface area (Å²) in [6, 6.07) is 15.6. The Labute approximate surface area is 132 Å². The summed E-state index contributed by atoms with van der Waals surface area (Å²) in [7, 11) is 0. The van der Waals surface area contributed by atoms with Crippen molar-refractivity contribution >= 4 is 23.4 Å². The van der Waals surface area contributed by atoms with Crippen LogP contribution in [0.3, 0.4) is 0 Å². The predicted octanol–water partition coefficient (Wildman–Crippen LogP) is 4.48. The van der Waals surface area contributed by atoms with Crippen molar-refractivity contribution in [2.24, 2.45) is 0 Å². The fraction of sp³-hybridized carbons (Fsp3) is 0.0625. The molecule has 2 aromatic heterocycles. The highest BCUT2D eigenvalue weighted by atomic mass is 35.5. The molecule has 0 aliphatic heterocycles. The van der Waals surface area contributed by atoms with Crippen LogP contribution < -0.4 is 0 Å². The van der Waals surface area contributed by atoms with Gasteiger partial charge in [0.1, 0.15) is 5.03 Å². The quantitative estimate of drug-likeness (QED) is 0.665. The van der Waals surface area contributed by atoms with Crippen LogP contribution in [0.15, 0.2) is 66.0 Å². The van der Waals surface area contributed by atoms with Crippen LogP contribution in [0, 0.1) is 0 Å². The molecule has 0 saturated carbocycles. The maximum Gasteiger partial charge on any atom is 0.119 e. The molecule has 21 heavy (non-hydrogen) atoms. The van der Waals surface area contributed by atoms with Crippen molar-refractivity contribution in [2.45, 2.75) is 10.8 Å². The highest BCUT2D eigenvalue weighted by Gasteiger charge is 2.04. The van der Waals surface area contributed by atoms with Gasteiger partial charge < -0.3 is 0 Å². The highest BCUT2D eigenvalue weighted by Crippen LogP contribution is 2.25. The number of halogens is 1. The van der Waals surface area contributed by atoms with Crippen LogP contribution in [0.4, 0.5) is 0 Å². The fourth-order valence-corrected chi connectivity index (χ4v) is 2.94. The molecular formula is C16H12ClN3S. The minimum Gasteiger partial charge on any atom is -0.265 e. The van der Waals surface area contributed by atoms with Gasteiger partial charge in [-0.05, 0) is 35.9 Å². The number of aromatic nitrogens is 3. The summed E-state index contributed by atoms with van der Waals surface area (Å²) in [5.74, 6) is 0.781. The summed E-state index contributed by atoms with van der Waals surface area (Å²) in [6.45, 7) is 0. The smallest absolute Gasteiger partial charge is 0.119 e. The van der Waals surface area contributed by atoms with Gasteiger partial charge in [-0.1, -0.05) is 41.6 Å². The summed E-state index contributed by atoms with van der Waals surface area (Å²) < 4.78 is 0. The molecule has 1 aromatic carbocycles. The molecule has 2 heterocycles. The molecule has 0 atom stereocenters. The Bertz CT molecular complexity index is 717. The highest BCUT2D eigenvalue weighted by molar-refractivity contribution is 7.98. The Kier molecular flexibility index (Phi) is 4.48. The number of benzene rings is 1. The predicted molar refractivity (Wildman–Crippen MR) is 86.3 cm³/mol. The molecular weight excluding hydrogens is 302 g/mol. The van der Waals surface area contributed by atoms with E-state index < -0.39 is 0 Å². The van der Waals surface area contributed by atoms with Crippen molar-refractivity contribution in [2.75, 3.05) is 0 Å². The zero-order chi connectivity index (χ0) is 14.5. The standard InChI is InChI=1S/C16H12ClN3S/c17-14-4-2-1-3-13(14)11-21-16-6-5-15(19-20-16)12-7-9-18-10-8-12/h1-10H,11H2. The molecule has 0 amide bonds. The number of hydrogen-bond acceptors (Lipinski definition) is 4. The van der Waals surface area contributed by atoms with Gasteiger partial charge in [0.15, 0.2) is 0 Å². The summed E-state index contributed by atoms with van der Waals surface area (Å²) in [5, 5.41) is 10.2. The number of rotatable bonds is 4. The second-order valence-electron chi connectivity index (χ2n) is 4.37. The second-order valence-corrected chi connectivity index (χ2v) is 5.78. The molecule has 3 aromatic rings. The molecule has 0 saturated heterocycles. The van der Waals surface area contributed by atoms with Gasteiger partial charge >= 0.3 is 0 Å². The summed E-state index contributed by atoms with van der Waals surface area (Å²) in [5.41, 5.74) is 2.96. The third-order valence-corrected chi connectivity index (χ3v) is 4.29. The molecule has 0 aliphatic carbocycles. The Balaban J connectivity index is 1.69. The third-order valence-electron chi connectivity index (χ3n) is 2.95. The van der Waals surface area contributed by atoms with Gasteiger partial charge in [0.05, 0.1) is 5.69 Å². The molecule has 3 nitrogen and oxygen atoms in total. The first kappa shape index (κ1) is 14.0. The van der Waals surface area contributed by atoms with Gasteiger partial charge in [-0.2, -0.15) is 0 Å². The second kappa shape index (κ2) is 6.70. The van der Waals surface area contributed by atoms with Crippen molar-refractivity contribution in [1.82, 2.24) is 15.2 Å². The van der Waals surface area contributed by atoms with Crippen molar-refractivity contribution < 1.29 is 0 Å². The third kappa shape index (κ3) is 3.60. The minimum absolute atomic E-state index is 0.781. The molecule has 5 heteroatoms. The van der Waals surface area contributed by atoms with Crippen LogP contribution in [-0.4, -0.2) is 15.2 Å². The van der Waals surface area contributed by atoms with E-state index in [2.05, 4.69) is 15.2 Å². The molecule has 0 fully saturated rings. The van der Waals surface area contributed by atoms with E-state index in [4.69, 9.17) is 11.6 Å². The molecule has 0 spiro atoms. The zero-order valence-corrected chi connectivity index (χ0v) is 12.7. The van der Waals surface area contributed by atoms with Crippen LogP contribution >= 0.6 is 23.4 Å². The zero-order valence-electron chi connectivity index (χ0n) is 11.1. The first-order valence-electron chi connectivity index (χ1n) is 6.43. The summed E-state index contributed by atoms with van der Waals surface area (Å²) >= 11 is 7.76. The van der Waals surface area contributed by atoms with E-state index in [1.54, 1.807) is 24.2 Å². The molecule has 0 unspecified atom stereocenters. The Morgan fingerprint density at radius 1 is 0.905 bits per heavy atom. The van der Waals surface area contributed by atoms with E-state index >= 15 is 0 Å². The fourth-order valence-electron chi connectivity index (χ4n) is 1.84. The lowest BCUT2D eigenvalue weighted by Crippen LogP contribution is -1.90. The van der Waals surface area contributed by atoms with Gasteiger partial charge in [0.2, 0.25) is 0 Å². The molecule has 0 bridgehead atoms. The van der Waals surface area contributed by atoms with Crippen LogP contribution in [0.25, 0.3) is 11.3 Å². The average molecular weight is 314 g/mol. The lowest BCUT2D eigenvalue weighted by atomic mass is 10.2. The van der Waals surface area contributed by atoms with Crippen LogP contribution in [0.5, 0.6) is 0 Å². The van der Waals surface area contributed by atoms with Crippen molar-refractivity contribution in [3.63, 3.8) is 0 Å². The summed E-state index contributed by atoms with van der Waals surface area (Å²) in [6.07, 6.45) is 3.49. The van der Waals surface area contributed by atoms with Gasteiger partial charge in [0, 0.05) is 28.7 Å². The number of pyridine rings is 1. The first-order valence-corrected chi connectivity index (χ1v) is 7.79. The Morgan fingerprint density at radius 3 is 2.43 bits per heavy atom. The summed E-state index contributed by atoms with van der Waals surface area (Å²) in [4.78, 5) is 3.99. The van der Waals surface area contributed by atoms with Crippen molar-refractivity contribution in [3.8, 4) is 11.3 Å². The first-order chi connectivity index (χ1) is 10.3. The largest absolute Gasteiger partial charge is 0.265 e. The van der Waals surface area contributed by atoms with Crippen LogP contribution in [-0.2, 0) is 5.75 Å². The van der Waals surface area contributed by atoms with Crippen LogP contribution in [0.2, 0.25) is 5.02 Å². The maximum atomic E-state index is 6.14. The molecule has 0 aliphatic rings. The van der Waals surface area contributed by atoms with E-state index in [0.29, 0.717) is 0 Å². The molecule has 0 N–H and O–H groups in total. The van der Waals surface area contributed by atoms with E-state index in [-0.39, 0.29) is 0 Å². The minimum atomic E-state index is 0.781. The number of hydrogen-bond donors (Lipinski definition) is 0. The number of thioether (sulfide) groups is 1. The van der Waals surface area contributed by atoms with Gasteiger partial charge in [-0.3, -0.25) is 4.98 Å². The van der Waals surface area contributed by atoms with Crippen LogP contribution in [0.1, 0.15) is 5.56 Å². The topological polar surface area (TPSA) is 38.7 Å². The monoisotopic (exact) mass is 313 g/mol. The maximum absolute atomic E-state index is 6.14. The normalized spacial score (nSPS) is 10.5. The van der Waals surface area contributed by atoms with E-state index in [0.717, 1.165) is 32.6 Å². The molecule has 3 rings (SSSR count). The van der Waals surface area contributed by atoms with Gasteiger partial charge in [-0.15, -0.1) is 10.2 Å². The average Bonchev–Trinajstić information content (AvgIpc) is 2.55. The number of nitrogens with zero attached hydrogens (tertiary/aromatic N) is 3. The molecule has 0 radical (unpaired) electrons.